The van der Waals surface area contributed by atoms with Gasteiger partial charge < -0.3 is 10.5 Å². The minimum Gasteiger partial charge on any atom is -0.457 e. The smallest absolute Gasteiger partial charge is 0.261 e. The maximum Gasteiger partial charge on any atom is 0.261 e. The van der Waals surface area contributed by atoms with E-state index in [2.05, 4.69) is 0 Å². The van der Waals surface area contributed by atoms with Gasteiger partial charge in [0.2, 0.25) is 5.91 Å². The molecule has 0 aliphatic carbocycles. The molecule has 2 rings (SSSR count). The fraction of sp³-hybridized carbons (Fsp3) is 0. The van der Waals surface area contributed by atoms with Crippen molar-refractivity contribution >= 4 is 25.6 Å². The highest BCUT2D eigenvalue weighted by Crippen LogP contribution is 2.24. The third-order valence-corrected chi connectivity index (χ3v) is 3.85. The predicted molar refractivity (Wildman–Crippen MR) is 74.5 cm³/mol. The van der Waals surface area contributed by atoms with E-state index in [1.807, 2.05) is 0 Å². The van der Waals surface area contributed by atoms with Crippen molar-refractivity contribution in [2.75, 3.05) is 0 Å². The standard InChI is InChI=1S/C13H10ClNO4S/c14-20(17,18)12-7-5-11(6-8-12)19-10-3-1-9(2-4-10)13(15)16/h1-8H,(H2,15,16). The molecule has 2 aromatic carbocycles. The first-order chi connectivity index (χ1) is 9.36. The fourth-order valence-electron chi connectivity index (χ4n) is 1.49. The molecule has 0 aromatic heterocycles. The lowest BCUT2D eigenvalue weighted by atomic mass is 10.2. The molecular formula is C13H10ClNO4S. The third-order valence-electron chi connectivity index (χ3n) is 2.48. The second-order valence-electron chi connectivity index (χ2n) is 3.90. The molecule has 0 fully saturated rings. The van der Waals surface area contributed by atoms with Gasteiger partial charge in [-0.1, -0.05) is 0 Å². The predicted octanol–water partition coefficient (Wildman–Crippen LogP) is 2.51. The number of carbonyl (C=O) groups is 1. The second-order valence-corrected chi connectivity index (χ2v) is 6.47. The van der Waals surface area contributed by atoms with E-state index in [9.17, 15) is 13.2 Å². The molecule has 0 atom stereocenters. The largest absolute Gasteiger partial charge is 0.457 e. The Labute approximate surface area is 120 Å². The molecule has 5 nitrogen and oxygen atoms in total. The van der Waals surface area contributed by atoms with Crippen molar-refractivity contribution in [3.63, 3.8) is 0 Å². The zero-order chi connectivity index (χ0) is 14.8. The molecule has 0 saturated carbocycles. The van der Waals surface area contributed by atoms with Crippen LogP contribution in [0.2, 0.25) is 0 Å². The van der Waals surface area contributed by atoms with E-state index >= 15 is 0 Å². The van der Waals surface area contributed by atoms with Crippen molar-refractivity contribution in [1.29, 1.82) is 0 Å². The van der Waals surface area contributed by atoms with Crippen molar-refractivity contribution in [3.8, 4) is 11.5 Å². The van der Waals surface area contributed by atoms with Crippen LogP contribution in [0.25, 0.3) is 0 Å². The average Bonchev–Trinajstić information content (AvgIpc) is 2.39. The fourth-order valence-corrected chi connectivity index (χ4v) is 2.26. The van der Waals surface area contributed by atoms with Gasteiger partial charge in [-0.05, 0) is 48.5 Å². The summed E-state index contributed by atoms with van der Waals surface area (Å²) in [5.41, 5.74) is 5.50. The summed E-state index contributed by atoms with van der Waals surface area (Å²) in [7, 11) is 1.46. The maximum absolute atomic E-state index is 11.1. The summed E-state index contributed by atoms with van der Waals surface area (Å²) in [5.74, 6) is 0.422. The zero-order valence-electron chi connectivity index (χ0n) is 10.1. The van der Waals surface area contributed by atoms with Gasteiger partial charge in [0.25, 0.3) is 9.05 Å². The number of halogens is 1. The molecule has 0 radical (unpaired) electrons. The molecule has 0 bridgehead atoms. The zero-order valence-corrected chi connectivity index (χ0v) is 11.7. The number of benzene rings is 2. The van der Waals surface area contributed by atoms with E-state index in [0.29, 0.717) is 17.1 Å². The van der Waals surface area contributed by atoms with Crippen LogP contribution >= 0.6 is 10.7 Å². The molecule has 0 unspecified atom stereocenters. The molecule has 7 heteroatoms. The van der Waals surface area contributed by atoms with Crippen LogP contribution in [-0.4, -0.2) is 14.3 Å². The van der Waals surface area contributed by atoms with Crippen LogP contribution < -0.4 is 10.5 Å². The molecule has 2 aromatic rings. The molecule has 104 valence electrons. The van der Waals surface area contributed by atoms with Crippen LogP contribution in [0.5, 0.6) is 11.5 Å². The molecule has 0 saturated heterocycles. The molecule has 0 heterocycles. The van der Waals surface area contributed by atoms with Gasteiger partial charge in [0.05, 0.1) is 4.90 Å². The van der Waals surface area contributed by atoms with E-state index in [1.54, 1.807) is 12.1 Å². The van der Waals surface area contributed by atoms with E-state index < -0.39 is 15.0 Å². The number of rotatable bonds is 4. The van der Waals surface area contributed by atoms with Crippen LogP contribution in [0.1, 0.15) is 10.4 Å². The first-order valence-electron chi connectivity index (χ1n) is 5.49. The molecule has 20 heavy (non-hydrogen) atoms. The minimum atomic E-state index is -3.74. The second kappa shape index (κ2) is 5.52. The lowest BCUT2D eigenvalue weighted by Crippen LogP contribution is -2.10. The summed E-state index contributed by atoms with van der Waals surface area (Å²) in [4.78, 5) is 10.9. The van der Waals surface area contributed by atoms with E-state index in [0.717, 1.165) is 0 Å². The van der Waals surface area contributed by atoms with Crippen LogP contribution in [-0.2, 0) is 9.05 Å². The van der Waals surface area contributed by atoms with Gasteiger partial charge >= 0.3 is 0 Å². The Morgan fingerprint density at radius 2 is 1.40 bits per heavy atom. The van der Waals surface area contributed by atoms with E-state index in [1.165, 1.54) is 36.4 Å². The summed E-state index contributed by atoms with van der Waals surface area (Å²) in [6.07, 6.45) is 0. The van der Waals surface area contributed by atoms with Gasteiger partial charge in [-0.25, -0.2) is 8.42 Å². The molecular weight excluding hydrogens is 302 g/mol. The number of primary amides is 1. The number of ether oxygens (including phenoxy) is 1. The Kier molecular flexibility index (Phi) is 3.96. The van der Waals surface area contributed by atoms with Crippen LogP contribution in [0, 0.1) is 0 Å². The molecule has 0 aliphatic heterocycles. The molecule has 1 amide bonds. The van der Waals surface area contributed by atoms with Gasteiger partial charge in [0.1, 0.15) is 11.5 Å². The maximum atomic E-state index is 11.1. The highest BCUT2D eigenvalue weighted by Gasteiger charge is 2.09. The van der Waals surface area contributed by atoms with Gasteiger partial charge in [0.15, 0.2) is 0 Å². The third kappa shape index (κ3) is 3.49. The first-order valence-corrected chi connectivity index (χ1v) is 7.79. The van der Waals surface area contributed by atoms with Crippen LogP contribution in [0.4, 0.5) is 0 Å². The van der Waals surface area contributed by atoms with Crippen molar-refractivity contribution in [1.82, 2.24) is 0 Å². The molecule has 0 spiro atoms. The number of amides is 1. The summed E-state index contributed by atoms with van der Waals surface area (Å²) in [6.45, 7) is 0. The van der Waals surface area contributed by atoms with Crippen molar-refractivity contribution < 1.29 is 17.9 Å². The quantitative estimate of drug-likeness (QED) is 0.879. The average molecular weight is 312 g/mol. The van der Waals surface area contributed by atoms with Crippen molar-refractivity contribution in [3.05, 3.63) is 54.1 Å². The van der Waals surface area contributed by atoms with E-state index in [4.69, 9.17) is 21.2 Å². The first kappa shape index (κ1) is 14.4. The minimum absolute atomic E-state index is 0.00408. The highest BCUT2D eigenvalue weighted by atomic mass is 35.7. The molecule has 0 aliphatic rings. The summed E-state index contributed by atoms with van der Waals surface area (Å²) >= 11 is 0. The summed E-state index contributed by atoms with van der Waals surface area (Å²) < 4.78 is 27.7. The van der Waals surface area contributed by atoms with Crippen LogP contribution in [0.15, 0.2) is 53.4 Å². The Balaban J connectivity index is 2.16. The van der Waals surface area contributed by atoms with E-state index in [-0.39, 0.29) is 4.90 Å². The van der Waals surface area contributed by atoms with Gasteiger partial charge in [-0.2, -0.15) is 0 Å². The number of nitrogens with two attached hydrogens (primary N) is 1. The monoisotopic (exact) mass is 311 g/mol. The Morgan fingerprint density at radius 3 is 1.80 bits per heavy atom. The normalized spacial score (nSPS) is 11.1. The topological polar surface area (TPSA) is 86.5 Å². The lowest BCUT2D eigenvalue weighted by Gasteiger charge is -2.06. The Hall–Kier alpha value is -2.05. The lowest BCUT2D eigenvalue weighted by molar-refractivity contribution is 0.100. The van der Waals surface area contributed by atoms with Crippen molar-refractivity contribution in [2.24, 2.45) is 5.73 Å². The van der Waals surface area contributed by atoms with Gasteiger partial charge in [0, 0.05) is 16.2 Å². The highest BCUT2D eigenvalue weighted by molar-refractivity contribution is 8.13. The molecule has 2 N–H and O–H groups in total. The SMILES string of the molecule is NC(=O)c1ccc(Oc2ccc(S(=O)(=O)Cl)cc2)cc1. The van der Waals surface area contributed by atoms with Gasteiger partial charge in [-0.15, -0.1) is 0 Å². The number of hydrogen-bond acceptors (Lipinski definition) is 4. The van der Waals surface area contributed by atoms with Gasteiger partial charge in [-0.3, -0.25) is 4.79 Å². The number of carbonyl (C=O) groups excluding carboxylic acids is 1. The number of hydrogen-bond donors (Lipinski definition) is 1. The Bertz CT molecular complexity index is 724. The summed E-state index contributed by atoms with van der Waals surface area (Å²) in [6, 6.07) is 11.9. The van der Waals surface area contributed by atoms with Crippen LogP contribution in [0.3, 0.4) is 0 Å². The summed E-state index contributed by atoms with van der Waals surface area (Å²) in [5, 5.41) is 0. The Morgan fingerprint density at radius 1 is 0.950 bits per heavy atom. The van der Waals surface area contributed by atoms with Crippen molar-refractivity contribution in [2.45, 2.75) is 4.90 Å².